The van der Waals surface area contributed by atoms with E-state index in [0.29, 0.717) is 18.3 Å². The number of aliphatic hydroxyl groups excluding tert-OH is 2. The van der Waals surface area contributed by atoms with E-state index in [2.05, 4.69) is 17.9 Å². The Morgan fingerprint density at radius 3 is 2.86 bits per heavy atom. The van der Waals surface area contributed by atoms with E-state index in [1.807, 2.05) is 50.3 Å². The summed E-state index contributed by atoms with van der Waals surface area (Å²) >= 11 is 0. The zero-order valence-corrected chi connectivity index (χ0v) is 17.6. The summed E-state index contributed by atoms with van der Waals surface area (Å²) in [6.07, 6.45) is 8.69. The minimum absolute atomic E-state index is 0.0829. The van der Waals surface area contributed by atoms with Gasteiger partial charge in [-0.1, -0.05) is 48.9 Å². The van der Waals surface area contributed by atoms with Crippen LogP contribution >= 0.6 is 0 Å². The molecule has 2 aliphatic carbocycles. The first-order valence-electron chi connectivity index (χ1n) is 10.6. The Morgan fingerprint density at radius 1 is 1.34 bits per heavy atom. The lowest BCUT2D eigenvalue weighted by molar-refractivity contribution is 0.101. The molecule has 29 heavy (non-hydrogen) atoms. The van der Waals surface area contributed by atoms with Crippen molar-refractivity contribution in [3.8, 4) is 11.8 Å². The number of allylic oxidation sites excluding steroid dienone is 1. The molecule has 3 nitrogen and oxygen atoms in total. The summed E-state index contributed by atoms with van der Waals surface area (Å²) in [6.45, 7) is 5.40. The van der Waals surface area contributed by atoms with E-state index in [-0.39, 0.29) is 23.7 Å². The maximum absolute atomic E-state index is 11.6. The third-order valence-electron chi connectivity index (χ3n) is 6.49. The van der Waals surface area contributed by atoms with Crippen molar-refractivity contribution in [3.63, 3.8) is 0 Å². The van der Waals surface area contributed by atoms with Crippen molar-refractivity contribution >= 4 is 11.9 Å². The van der Waals surface area contributed by atoms with Gasteiger partial charge in [0.05, 0.1) is 12.2 Å². The molecule has 0 amide bonds. The molecule has 0 bridgehead atoms. The Bertz CT molecular complexity index is 854. The second-order valence-corrected chi connectivity index (χ2v) is 8.68. The number of fused-ring (bicyclic) bond motifs is 1. The van der Waals surface area contributed by atoms with Gasteiger partial charge in [0.1, 0.15) is 0 Å². The topological polar surface area (TPSA) is 57.5 Å². The molecule has 0 aromatic heterocycles. The Morgan fingerprint density at radius 2 is 2.14 bits per heavy atom. The predicted octanol–water partition coefficient (Wildman–Crippen LogP) is 4.65. The van der Waals surface area contributed by atoms with Crippen molar-refractivity contribution in [2.24, 2.45) is 23.7 Å². The average Bonchev–Trinajstić information content (AvgIpc) is 3.20. The second-order valence-electron chi connectivity index (χ2n) is 8.68. The number of rotatable bonds is 6. The number of aliphatic hydroxyl groups is 2. The van der Waals surface area contributed by atoms with E-state index in [1.54, 1.807) is 6.92 Å². The highest BCUT2D eigenvalue weighted by Crippen LogP contribution is 2.50. The van der Waals surface area contributed by atoms with Gasteiger partial charge in [0, 0.05) is 17.9 Å². The van der Waals surface area contributed by atoms with Gasteiger partial charge in [0.15, 0.2) is 5.78 Å². The smallest absolute Gasteiger partial charge is 0.159 e. The van der Waals surface area contributed by atoms with Crippen LogP contribution in [-0.4, -0.2) is 28.2 Å². The monoisotopic (exact) mass is 392 g/mol. The van der Waals surface area contributed by atoms with E-state index < -0.39 is 6.10 Å². The lowest BCUT2D eigenvalue weighted by Crippen LogP contribution is -2.19. The van der Waals surface area contributed by atoms with E-state index in [0.717, 1.165) is 30.4 Å². The fourth-order valence-corrected chi connectivity index (χ4v) is 4.79. The van der Waals surface area contributed by atoms with Crippen LogP contribution in [0.3, 0.4) is 0 Å². The number of benzene rings is 1. The molecule has 2 aliphatic rings. The summed E-state index contributed by atoms with van der Waals surface area (Å²) in [4.78, 5) is 11.6. The molecular formula is C26H32O3. The van der Waals surface area contributed by atoms with Gasteiger partial charge in [0.25, 0.3) is 0 Å². The van der Waals surface area contributed by atoms with Crippen LogP contribution in [0.4, 0.5) is 0 Å². The standard InChI is InChI=1S/C26H32O3/c1-4-5-7-17(2)25(28)11-10-23-24-15-20(14-22(24)16-26(23)29)12-19-8-6-9-21(13-19)18(3)27/h6,8-13,17,22-26,28-29H,7,14-16H2,1-3H3/b11-10+,20-12+/t17?,22-,23-,24-,25+,26+/m0/s1. The number of hydrogen-bond donors (Lipinski definition) is 2. The fraction of sp³-hybridized carbons (Fsp3) is 0.500. The quantitative estimate of drug-likeness (QED) is 0.421. The number of ketones is 1. The first-order valence-corrected chi connectivity index (χ1v) is 10.6. The summed E-state index contributed by atoms with van der Waals surface area (Å²) < 4.78 is 0. The fourth-order valence-electron chi connectivity index (χ4n) is 4.79. The lowest BCUT2D eigenvalue weighted by Gasteiger charge is -2.19. The third-order valence-corrected chi connectivity index (χ3v) is 6.49. The molecule has 154 valence electrons. The zero-order chi connectivity index (χ0) is 21.0. The molecule has 0 aliphatic heterocycles. The molecule has 0 heterocycles. The van der Waals surface area contributed by atoms with E-state index in [9.17, 15) is 15.0 Å². The first-order chi connectivity index (χ1) is 13.9. The molecule has 1 unspecified atom stereocenters. The van der Waals surface area contributed by atoms with Crippen molar-refractivity contribution < 1.29 is 15.0 Å². The van der Waals surface area contributed by atoms with Gasteiger partial charge in [0.2, 0.25) is 0 Å². The van der Waals surface area contributed by atoms with Crippen LogP contribution < -0.4 is 0 Å². The van der Waals surface area contributed by atoms with Crippen molar-refractivity contribution in [2.75, 3.05) is 0 Å². The summed E-state index contributed by atoms with van der Waals surface area (Å²) in [7, 11) is 0. The highest BCUT2D eigenvalue weighted by Gasteiger charge is 2.45. The highest BCUT2D eigenvalue weighted by molar-refractivity contribution is 5.94. The second kappa shape index (κ2) is 9.57. The average molecular weight is 393 g/mol. The molecule has 0 radical (unpaired) electrons. The molecule has 2 saturated carbocycles. The van der Waals surface area contributed by atoms with Crippen LogP contribution in [-0.2, 0) is 0 Å². The van der Waals surface area contributed by atoms with Crippen molar-refractivity contribution in [1.82, 2.24) is 0 Å². The van der Waals surface area contributed by atoms with Crippen molar-refractivity contribution in [3.05, 3.63) is 53.1 Å². The summed E-state index contributed by atoms with van der Waals surface area (Å²) in [5.41, 5.74) is 3.20. The van der Waals surface area contributed by atoms with Crippen LogP contribution in [0, 0.1) is 35.5 Å². The maximum Gasteiger partial charge on any atom is 0.159 e. The van der Waals surface area contributed by atoms with Gasteiger partial charge >= 0.3 is 0 Å². The van der Waals surface area contributed by atoms with Gasteiger partial charge in [-0.25, -0.2) is 0 Å². The molecule has 1 aromatic carbocycles. The Kier molecular flexibility index (Phi) is 7.11. The van der Waals surface area contributed by atoms with Gasteiger partial charge in [-0.15, -0.1) is 11.8 Å². The zero-order valence-electron chi connectivity index (χ0n) is 17.6. The molecule has 6 atom stereocenters. The van der Waals surface area contributed by atoms with Crippen LogP contribution in [0.5, 0.6) is 0 Å². The van der Waals surface area contributed by atoms with Gasteiger partial charge in [-0.3, -0.25) is 4.79 Å². The molecule has 2 N–H and O–H groups in total. The summed E-state index contributed by atoms with van der Waals surface area (Å²) in [5, 5.41) is 20.9. The minimum atomic E-state index is -0.534. The molecule has 3 rings (SSSR count). The molecule has 0 saturated heterocycles. The van der Waals surface area contributed by atoms with E-state index in [4.69, 9.17) is 0 Å². The Balaban J connectivity index is 1.68. The molecular weight excluding hydrogens is 360 g/mol. The minimum Gasteiger partial charge on any atom is -0.392 e. The number of carbonyl (C=O) groups excluding carboxylic acids is 1. The molecule has 0 spiro atoms. The molecule has 3 heteroatoms. The van der Waals surface area contributed by atoms with Crippen molar-refractivity contribution in [1.29, 1.82) is 0 Å². The van der Waals surface area contributed by atoms with Crippen LogP contribution in [0.25, 0.3) is 6.08 Å². The third kappa shape index (κ3) is 5.26. The highest BCUT2D eigenvalue weighted by atomic mass is 16.3. The normalized spacial score (nSPS) is 29.5. The van der Waals surface area contributed by atoms with Crippen molar-refractivity contribution in [2.45, 2.75) is 58.7 Å². The summed E-state index contributed by atoms with van der Waals surface area (Å²) in [5.74, 6) is 7.06. The number of hydrogen-bond acceptors (Lipinski definition) is 3. The van der Waals surface area contributed by atoms with E-state index >= 15 is 0 Å². The Hall–Kier alpha value is -2.15. The van der Waals surface area contributed by atoms with Gasteiger partial charge in [-0.05, 0) is 62.5 Å². The van der Waals surface area contributed by atoms with Crippen LogP contribution in [0.1, 0.15) is 62.4 Å². The predicted molar refractivity (Wildman–Crippen MR) is 117 cm³/mol. The van der Waals surface area contributed by atoms with Gasteiger partial charge < -0.3 is 10.2 Å². The van der Waals surface area contributed by atoms with Crippen LogP contribution in [0.2, 0.25) is 0 Å². The maximum atomic E-state index is 11.6. The summed E-state index contributed by atoms with van der Waals surface area (Å²) in [6, 6.07) is 7.77. The lowest BCUT2D eigenvalue weighted by atomic mass is 9.89. The van der Waals surface area contributed by atoms with E-state index in [1.165, 1.54) is 5.57 Å². The number of carbonyl (C=O) groups is 1. The largest absolute Gasteiger partial charge is 0.392 e. The van der Waals surface area contributed by atoms with Crippen LogP contribution in [0.15, 0.2) is 42.0 Å². The van der Waals surface area contributed by atoms with Gasteiger partial charge in [-0.2, -0.15) is 0 Å². The first kappa shape index (κ1) is 21.6. The molecule has 2 fully saturated rings. The number of Topliss-reactive ketones (excluding diaryl/α,β-unsaturated/α-hetero) is 1. The Labute approximate surface area is 174 Å². The molecule has 1 aromatic rings. The SMILES string of the molecule is CC#CCC(C)[C@H](O)/C=C/[C@H]1[C@H]2C/C(=C/c3cccc(C(C)=O)c3)C[C@H]2C[C@H]1O.